The SMILES string of the molecule is CCC(C)N1CC2C3CCC(C2C1)C1CN(C(C)CC)CC31. The van der Waals surface area contributed by atoms with E-state index in [1.54, 1.807) is 12.8 Å². The molecule has 2 heteroatoms. The third kappa shape index (κ3) is 2.20. The Morgan fingerprint density at radius 3 is 1.23 bits per heavy atom. The molecule has 0 N–H and O–H groups in total. The summed E-state index contributed by atoms with van der Waals surface area (Å²) < 4.78 is 0. The summed E-state index contributed by atoms with van der Waals surface area (Å²) in [5.41, 5.74) is 0. The zero-order valence-corrected chi connectivity index (χ0v) is 15.2. The van der Waals surface area contributed by atoms with Crippen LogP contribution in [0.15, 0.2) is 0 Å². The van der Waals surface area contributed by atoms with Crippen molar-refractivity contribution in [1.82, 2.24) is 9.80 Å². The Balaban J connectivity index is 1.52. The van der Waals surface area contributed by atoms with Crippen molar-refractivity contribution in [1.29, 1.82) is 0 Å². The van der Waals surface area contributed by atoms with E-state index in [9.17, 15) is 0 Å². The third-order valence-electron chi connectivity index (χ3n) is 8.34. The Morgan fingerprint density at radius 2 is 0.955 bits per heavy atom. The minimum absolute atomic E-state index is 0.807. The van der Waals surface area contributed by atoms with Crippen LogP contribution in [0.25, 0.3) is 0 Å². The van der Waals surface area contributed by atoms with E-state index in [2.05, 4.69) is 37.5 Å². The average Bonchev–Trinajstić information content (AvgIpc) is 3.18. The van der Waals surface area contributed by atoms with Crippen molar-refractivity contribution in [2.24, 2.45) is 35.5 Å². The first-order valence-corrected chi connectivity index (χ1v) is 10.1. The van der Waals surface area contributed by atoms with E-state index in [1.165, 1.54) is 39.0 Å². The number of fused-ring (bicyclic) bond motifs is 1. The fourth-order valence-corrected chi connectivity index (χ4v) is 6.70. The summed E-state index contributed by atoms with van der Waals surface area (Å²) in [7, 11) is 0. The van der Waals surface area contributed by atoms with Crippen molar-refractivity contribution in [3.05, 3.63) is 0 Å². The molecule has 2 aliphatic heterocycles. The van der Waals surface area contributed by atoms with Crippen LogP contribution in [0.1, 0.15) is 53.4 Å². The van der Waals surface area contributed by atoms with Crippen molar-refractivity contribution in [2.45, 2.75) is 65.5 Å². The maximum atomic E-state index is 2.84. The minimum Gasteiger partial charge on any atom is -0.300 e. The van der Waals surface area contributed by atoms with Gasteiger partial charge in [0.25, 0.3) is 0 Å². The molecule has 0 aromatic carbocycles. The molecule has 0 amide bonds. The Labute approximate surface area is 137 Å². The highest BCUT2D eigenvalue weighted by Crippen LogP contribution is 2.59. The van der Waals surface area contributed by atoms with Crippen LogP contribution in [0.3, 0.4) is 0 Å². The zero-order valence-electron chi connectivity index (χ0n) is 15.2. The van der Waals surface area contributed by atoms with Crippen LogP contribution in [0.2, 0.25) is 0 Å². The first-order chi connectivity index (χ1) is 10.6. The lowest BCUT2D eigenvalue weighted by molar-refractivity contribution is -0.0289. The number of nitrogens with zero attached hydrogens (tertiary/aromatic N) is 2. The molecule has 0 radical (unpaired) electrons. The molecular formula is C20H36N2. The molecule has 5 rings (SSSR count). The third-order valence-corrected chi connectivity index (χ3v) is 8.34. The standard InChI is InChI=1S/C20H36N2/c1-5-13(3)21-9-17-15-7-8-16(18(17)10-21)20-12-22(11-19(15)20)14(4)6-2/h13-20H,5-12H2,1-4H3. The van der Waals surface area contributed by atoms with Gasteiger partial charge in [0.2, 0.25) is 0 Å². The molecule has 2 heterocycles. The molecule has 5 fully saturated rings. The average molecular weight is 305 g/mol. The van der Waals surface area contributed by atoms with Gasteiger partial charge in [0.1, 0.15) is 0 Å². The van der Waals surface area contributed by atoms with Crippen molar-refractivity contribution >= 4 is 0 Å². The molecular weight excluding hydrogens is 268 g/mol. The van der Waals surface area contributed by atoms with Gasteiger partial charge in [-0.2, -0.15) is 0 Å². The topological polar surface area (TPSA) is 6.48 Å². The van der Waals surface area contributed by atoms with Crippen molar-refractivity contribution < 1.29 is 0 Å². The minimum atomic E-state index is 0.807. The molecule has 0 aromatic heterocycles. The van der Waals surface area contributed by atoms with E-state index in [4.69, 9.17) is 0 Å². The predicted octanol–water partition coefficient (Wildman–Crippen LogP) is 3.72. The summed E-state index contributed by atoms with van der Waals surface area (Å²) in [6.07, 6.45) is 5.75. The maximum Gasteiger partial charge on any atom is 0.00645 e. The van der Waals surface area contributed by atoms with E-state index >= 15 is 0 Å². The van der Waals surface area contributed by atoms with Gasteiger partial charge in [0.15, 0.2) is 0 Å². The highest BCUT2D eigenvalue weighted by atomic mass is 15.2. The van der Waals surface area contributed by atoms with Gasteiger partial charge >= 0.3 is 0 Å². The second kappa shape index (κ2) is 5.77. The molecule has 3 aliphatic carbocycles. The van der Waals surface area contributed by atoms with Gasteiger partial charge in [-0.1, -0.05) is 13.8 Å². The van der Waals surface area contributed by atoms with E-state index in [0.717, 1.165) is 47.6 Å². The second-order valence-corrected chi connectivity index (χ2v) is 8.98. The van der Waals surface area contributed by atoms with Gasteiger partial charge < -0.3 is 9.80 Å². The van der Waals surface area contributed by atoms with Crippen LogP contribution >= 0.6 is 0 Å². The molecule has 126 valence electrons. The largest absolute Gasteiger partial charge is 0.300 e. The van der Waals surface area contributed by atoms with Gasteiger partial charge in [-0.3, -0.25) is 0 Å². The predicted molar refractivity (Wildman–Crippen MR) is 92.8 cm³/mol. The molecule has 5 aliphatic rings. The number of rotatable bonds is 4. The van der Waals surface area contributed by atoms with E-state index in [1.807, 2.05) is 0 Å². The van der Waals surface area contributed by atoms with Crippen LogP contribution in [0.4, 0.5) is 0 Å². The smallest absolute Gasteiger partial charge is 0.00645 e. The second-order valence-electron chi connectivity index (χ2n) is 8.98. The molecule has 2 nitrogen and oxygen atoms in total. The molecule has 22 heavy (non-hydrogen) atoms. The van der Waals surface area contributed by atoms with E-state index < -0.39 is 0 Å². The van der Waals surface area contributed by atoms with Crippen LogP contribution in [0, 0.1) is 35.5 Å². The van der Waals surface area contributed by atoms with Crippen LogP contribution in [0.5, 0.6) is 0 Å². The highest BCUT2D eigenvalue weighted by Gasteiger charge is 2.58. The summed E-state index contributed by atoms with van der Waals surface area (Å²) in [5, 5.41) is 0. The van der Waals surface area contributed by atoms with Crippen molar-refractivity contribution in [3.63, 3.8) is 0 Å². The zero-order chi connectivity index (χ0) is 15.4. The fourth-order valence-electron chi connectivity index (χ4n) is 6.70. The monoisotopic (exact) mass is 304 g/mol. The molecule has 2 bridgehead atoms. The highest BCUT2D eigenvalue weighted by molar-refractivity contribution is 5.09. The van der Waals surface area contributed by atoms with Crippen LogP contribution in [-0.4, -0.2) is 48.1 Å². The summed E-state index contributed by atoms with van der Waals surface area (Å²) in [6.45, 7) is 15.3. The molecule has 3 saturated carbocycles. The first-order valence-electron chi connectivity index (χ1n) is 10.1. The van der Waals surface area contributed by atoms with Crippen LogP contribution in [-0.2, 0) is 0 Å². The molecule has 0 aromatic rings. The molecule has 6 unspecified atom stereocenters. The van der Waals surface area contributed by atoms with Crippen molar-refractivity contribution in [2.75, 3.05) is 26.2 Å². The summed E-state index contributed by atoms with van der Waals surface area (Å²) in [4.78, 5) is 5.68. The lowest BCUT2D eigenvalue weighted by Gasteiger charge is -2.52. The lowest BCUT2D eigenvalue weighted by atomic mass is 9.52. The number of hydrogen-bond acceptors (Lipinski definition) is 2. The Kier molecular flexibility index (Phi) is 4.05. The fraction of sp³-hybridized carbons (Fsp3) is 1.00. The normalized spacial score (nSPS) is 47.5. The number of hydrogen-bond donors (Lipinski definition) is 0. The quantitative estimate of drug-likeness (QED) is 0.781. The lowest BCUT2D eigenvalue weighted by Crippen LogP contribution is -2.49. The maximum absolute atomic E-state index is 2.84. The Bertz CT molecular complexity index is 347. The van der Waals surface area contributed by atoms with Crippen molar-refractivity contribution in [3.8, 4) is 0 Å². The summed E-state index contributed by atoms with van der Waals surface area (Å²) in [5.74, 6) is 6.31. The summed E-state index contributed by atoms with van der Waals surface area (Å²) >= 11 is 0. The van der Waals surface area contributed by atoms with Gasteiger partial charge in [0.05, 0.1) is 0 Å². The molecule has 2 saturated heterocycles. The Hall–Kier alpha value is -0.0800. The van der Waals surface area contributed by atoms with Gasteiger partial charge in [-0.25, -0.2) is 0 Å². The van der Waals surface area contributed by atoms with Gasteiger partial charge in [0, 0.05) is 38.3 Å². The Morgan fingerprint density at radius 1 is 0.636 bits per heavy atom. The molecule has 6 atom stereocenters. The first kappa shape index (κ1) is 15.4. The van der Waals surface area contributed by atoms with Gasteiger partial charge in [-0.15, -0.1) is 0 Å². The van der Waals surface area contributed by atoms with E-state index in [0.29, 0.717) is 0 Å². The van der Waals surface area contributed by atoms with Crippen LogP contribution < -0.4 is 0 Å². The number of likely N-dealkylation sites (tertiary alicyclic amines) is 2. The van der Waals surface area contributed by atoms with Gasteiger partial charge in [-0.05, 0) is 75.0 Å². The van der Waals surface area contributed by atoms with E-state index in [-0.39, 0.29) is 0 Å². The molecule has 0 spiro atoms. The summed E-state index contributed by atoms with van der Waals surface area (Å²) in [6, 6.07) is 1.61.